The summed E-state index contributed by atoms with van der Waals surface area (Å²) in [6.07, 6.45) is 0. The third-order valence-corrected chi connectivity index (χ3v) is 6.61. The highest BCUT2D eigenvalue weighted by Crippen LogP contribution is 2.32. The van der Waals surface area contributed by atoms with Gasteiger partial charge in [0.15, 0.2) is 11.5 Å². The number of carbonyl (C=O) groups is 5. The number of hydrogen-bond acceptors (Lipinski definition) is 9. The number of ether oxygens (including phenoxy) is 2. The third kappa shape index (κ3) is 11.3. The van der Waals surface area contributed by atoms with E-state index >= 15 is 0 Å². The summed E-state index contributed by atoms with van der Waals surface area (Å²) in [5.41, 5.74) is 3.40. The maximum atomic E-state index is 13.0. The molecular formula is C31H33N3O11. The average Bonchev–Trinajstić information content (AvgIpc) is 3.50. The summed E-state index contributed by atoms with van der Waals surface area (Å²) in [5, 5.41) is 32.8. The van der Waals surface area contributed by atoms with Gasteiger partial charge >= 0.3 is 23.9 Å². The molecule has 0 bridgehead atoms. The van der Waals surface area contributed by atoms with Gasteiger partial charge in [-0.3, -0.25) is 14.6 Å². The van der Waals surface area contributed by atoms with Crippen LogP contribution in [0.2, 0.25) is 0 Å². The van der Waals surface area contributed by atoms with Gasteiger partial charge in [-0.05, 0) is 28.8 Å². The minimum atomic E-state index is -1.82. The summed E-state index contributed by atoms with van der Waals surface area (Å²) >= 11 is 0. The molecule has 2 heterocycles. The normalized spacial score (nSPS) is 13.8. The van der Waals surface area contributed by atoms with E-state index in [0.29, 0.717) is 13.3 Å². The Morgan fingerprint density at radius 3 is 1.60 bits per heavy atom. The molecule has 3 aromatic rings. The van der Waals surface area contributed by atoms with Gasteiger partial charge in [0, 0.05) is 32.7 Å². The number of aliphatic carboxylic acids is 4. The van der Waals surface area contributed by atoms with Crippen molar-refractivity contribution in [2.45, 2.75) is 12.6 Å². The van der Waals surface area contributed by atoms with Crippen molar-refractivity contribution in [1.29, 1.82) is 0 Å². The molecule has 14 heteroatoms. The highest BCUT2D eigenvalue weighted by molar-refractivity contribution is 6.27. The highest BCUT2D eigenvalue weighted by atomic mass is 16.7. The smallest absolute Gasteiger partial charge is 0.414 e. The van der Waals surface area contributed by atoms with Gasteiger partial charge in [0.1, 0.15) is 0 Å². The SMILES string of the molecule is O=C(CN1CCN(Cc2ccc3c(c2)OCO3)CC1)NC(c1ccccc1)c1ccccc1.O=C(O)C(=O)O.O=C(O)C(=O)O. The number of rotatable bonds is 7. The number of carbonyl (C=O) groups excluding carboxylic acids is 1. The van der Waals surface area contributed by atoms with Crippen LogP contribution in [-0.4, -0.2) is 99.5 Å². The van der Waals surface area contributed by atoms with Gasteiger partial charge < -0.3 is 35.2 Å². The molecule has 1 saturated heterocycles. The van der Waals surface area contributed by atoms with Crippen molar-refractivity contribution in [2.75, 3.05) is 39.5 Å². The maximum Gasteiger partial charge on any atom is 0.414 e. The van der Waals surface area contributed by atoms with Crippen LogP contribution in [0.5, 0.6) is 11.5 Å². The molecule has 2 aliphatic heterocycles. The van der Waals surface area contributed by atoms with Gasteiger partial charge in [-0.25, -0.2) is 19.2 Å². The Hall–Kier alpha value is -5.47. The molecule has 0 aromatic heterocycles. The predicted molar refractivity (Wildman–Crippen MR) is 158 cm³/mol. The number of carboxylic acids is 4. The quantitative estimate of drug-likeness (QED) is 0.238. The van der Waals surface area contributed by atoms with E-state index in [1.165, 1.54) is 5.56 Å². The van der Waals surface area contributed by atoms with E-state index in [1.54, 1.807) is 0 Å². The number of carboxylic acid groups (broad SMARTS) is 4. The molecule has 0 unspecified atom stereocenters. The van der Waals surface area contributed by atoms with E-state index in [4.69, 9.17) is 49.1 Å². The van der Waals surface area contributed by atoms with Crippen LogP contribution in [0.3, 0.4) is 0 Å². The number of hydrogen-bond donors (Lipinski definition) is 5. The van der Waals surface area contributed by atoms with Crippen LogP contribution >= 0.6 is 0 Å². The lowest BCUT2D eigenvalue weighted by molar-refractivity contribution is -0.159. The van der Waals surface area contributed by atoms with Crippen molar-refractivity contribution in [3.05, 3.63) is 95.6 Å². The van der Waals surface area contributed by atoms with Crippen molar-refractivity contribution in [3.63, 3.8) is 0 Å². The Labute approximate surface area is 258 Å². The molecule has 0 spiro atoms. The Balaban J connectivity index is 0.000000392. The second-order valence-corrected chi connectivity index (χ2v) is 9.78. The lowest BCUT2D eigenvalue weighted by Crippen LogP contribution is -2.49. The molecule has 0 aliphatic carbocycles. The average molecular weight is 624 g/mol. The van der Waals surface area contributed by atoms with Crippen LogP contribution in [0, 0.1) is 0 Å². The van der Waals surface area contributed by atoms with E-state index < -0.39 is 23.9 Å². The Kier molecular flexibility index (Phi) is 12.8. The first-order chi connectivity index (χ1) is 21.5. The van der Waals surface area contributed by atoms with Crippen LogP contribution in [0.15, 0.2) is 78.9 Å². The van der Waals surface area contributed by atoms with Crippen LogP contribution < -0.4 is 14.8 Å². The first-order valence-electron chi connectivity index (χ1n) is 13.7. The molecule has 0 saturated carbocycles. The molecule has 1 fully saturated rings. The lowest BCUT2D eigenvalue weighted by Gasteiger charge is -2.34. The molecule has 0 atom stereocenters. The molecule has 45 heavy (non-hydrogen) atoms. The summed E-state index contributed by atoms with van der Waals surface area (Å²) in [6.45, 7) is 5.20. The largest absolute Gasteiger partial charge is 0.473 e. The minimum Gasteiger partial charge on any atom is -0.473 e. The molecule has 2 aliphatic rings. The van der Waals surface area contributed by atoms with Gasteiger partial charge in [0.25, 0.3) is 0 Å². The number of nitrogens with zero attached hydrogens (tertiary/aromatic N) is 2. The fourth-order valence-corrected chi connectivity index (χ4v) is 4.46. The Bertz CT molecular complexity index is 1370. The zero-order valence-corrected chi connectivity index (χ0v) is 24.1. The van der Waals surface area contributed by atoms with Crippen LogP contribution in [0.25, 0.3) is 0 Å². The minimum absolute atomic E-state index is 0.0527. The molecule has 0 radical (unpaired) electrons. The Morgan fingerprint density at radius 1 is 0.644 bits per heavy atom. The second-order valence-electron chi connectivity index (χ2n) is 9.78. The summed E-state index contributed by atoms with van der Waals surface area (Å²) < 4.78 is 10.9. The summed E-state index contributed by atoms with van der Waals surface area (Å²) in [7, 11) is 0. The van der Waals surface area contributed by atoms with Gasteiger partial charge in [0.2, 0.25) is 12.7 Å². The topological polar surface area (TPSA) is 203 Å². The summed E-state index contributed by atoms with van der Waals surface area (Å²) in [5.74, 6) is -5.60. The summed E-state index contributed by atoms with van der Waals surface area (Å²) in [4.78, 5) is 54.0. The monoisotopic (exact) mass is 623 g/mol. The van der Waals surface area contributed by atoms with Crippen molar-refractivity contribution in [1.82, 2.24) is 15.1 Å². The Morgan fingerprint density at radius 2 is 1.11 bits per heavy atom. The number of nitrogens with one attached hydrogen (secondary N) is 1. The van der Waals surface area contributed by atoms with Crippen molar-refractivity contribution in [2.24, 2.45) is 0 Å². The van der Waals surface area contributed by atoms with Gasteiger partial charge in [-0.15, -0.1) is 0 Å². The highest BCUT2D eigenvalue weighted by Gasteiger charge is 2.22. The molecule has 5 rings (SSSR count). The second kappa shape index (κ2) is 17.0. The number of amides is 1. The molecule has 5 N–H and O–H groups in total. The number of piperazine rings is 1. The first kappa shape index (κ1) is 34.0. The third-order valence-electron chi connectivity index (χ3n) is 6.61. The van der Waals surface area contributed by atoms with E-state index in [-0.39, 0.29) is 11.9 Å². The summed E-state index contributed by atoms with van der Waals surface area (Å²) in [6, 6.07) is 26.3. The molecule has 1 amide bonds. The fourth-order valence-electron chi connectivity index (χ4n) is 4.46. The standard InChI is InChI=1S/C27H29N3O3.2C2H2O4/c31-26(28-27(22-7-3-1-4-8-22)23-9-5-2-6-10-23)19-30-15-13-29(14-16-30)18-21-11-12-24-25(17-21)33-20-32-24;2*3-1(4)2(5)6/h1-12,17,27H,13-16,18-20H2,(H,28,31);2*(H,3,4)(H,5,6). The first-order valence-corrected chi connectivity index (χ1v) is 13.7. The van der Waals surface area contributed by atoms with Crippen molar-refractivity contribution >= 4 is 29.8 Å². The predicted octanol–water partition coefficient (Wildman–Crippen LogP) is 1.75. The van der Waals surface area contributed by atoms with Crippen LogP contribution in [-0.2, 0) is 30.5 Å². The van der Waals surface area contributed by atoms with Gasteiger partial charge in [0.05, 0.1) is 12.6 Å². The molecular weight excluding hydrogens is 590 g/mol. The van der Waals surface area contributed by atoms with E-state index in [1.807, 2.05) is 42.5 Å². The number of benzene rings is 3. The van der Waals surface area contributed by atoms with Crippen LogP contribution in [0.1, 0.15) is 22.7 Å². The van der Waals surface area contributed by atoms with E-state index in [0.717, 1.165) is 55.3 Å². The maximum absolute atomic E-state index is 13.0. The van der Waals surface area contributed by atoms with Crippen molar-refractivity contribution < 1.29 is 53.9 Å². The van der Waals surface area contributed by atoms with Crippen LogP contribution in [0.4, 0.5) is 0 Å². The number of fused-ring (bicyclic) bond motifs is 1. The zero-order chi connectivity index (χ0) is 32.8. The van der Waals surface area contributed by atoms with Gasteiger partial charge in [-0.2, -0.15) is 0 Å². The van der Waals surface area contributed by atoms with Crippen molar-refractivity contribution in [3.8, 4) is 11.5 Å². The molecule has 238 valence electrons. The fraction of sp³-hybridized carbons (Fsp3) is 0.258. The van der Waals surface area contributed by atoms with E-state index in [9.17, 15) is 4.79 Å². The molecule has 3 aromatic carbocycles. The van der Waals surface area contributed by atoms with Gasteiger partial charge in [-0.1, -0.05) is 66.7 Å². The van der Waals surface area contributed by atoms with E-state index in [2.05, 4.69) is 51.5 Å². The lowest BCUT2D eigenvalue weighted by atomic mass is 9.99. The zero-order valence-electron chi connectivity index (χ0n) is 24.1. The molecule has 14 nitrogen and oxygen atoms in total.